The molecule has 3 heteroatoms. The van der Waals surface area contributed by atoms with Crippen LogP contribution in [0.25, 0.3) is 0 Å². The average Bonchev–Trinajstić information content (AvgIpc) is 2.23. The van der Waals surface area contributed by atoms with E-state index in [1.807, 2.05) is 25.2 Å². The molecule has 2 atom stereocenters. The second kappa shape index (κ2) is 6.48. The van der Waals surface area contributed by atoms with Gasteiger partial charge in [0.05, 0.1) is 0 Å². The predicted molar refractivity (Wildman–Crippen MR) is 72.4 cm³/mol. The van der Waals surface area contributed by atoms with Gasteiger partial charge in [0.25, 0.3) is 0 Å². The van der Waals surface area contributed by atoms with Gasteiger partial charge in [0, 0.05) is 10.0 Å². The molecule has 0 aliphatic rings. The van der Waals surface area contributed by atoms with Gasteiger partial charge in [0.1, 0.15) is 0 Å². The Kier molecular flexibility index (Phi) is 5.60. The van der Waals surface area contributed by atoms with E-state index in [9.17, 15) is 0 Å². The van der Waals surface area contributed by atoms with Crippen LogP contribution in [0.1, 0.15) is 19.4 Å². The third kappa shape index (κ3) is 3.97. The maximum atomic E-state index is 6.15. The zero-order chi connectivity index (χ0) is 12.1. The van der Waals surface area contributed by atoms with Gasteiger partial charge in [-0.2, -0.15) is 0 Å². The standard InChI is InChI=1S/C13H19Cl2N/c1-9(10(2)8-16-3)6-11-7-12(14)4-5-13(11)15/h4-5,7,9-10,16H,6,8H2,1-3H3. The summed E-state index contributed by atoms with van der Waals surface area (Å²) in [6.07, 6.45) is 0.974. The van der Waals surface area contributed by atoms with Crippen LogP contribution in [0.3, 0.4) is 0 Å². The van der Waals surface area contributed by atoms with Crippen molar-refractivity contribution in [3.63, 3.8) is 0 Å². The van der Waals surface area contributed by atoms with Crippen LogP contribution in [0, 0.1) is 11.8 Å². The van der Waals surface area contributed by atoms with E-state index in [0.717, 1.165) is 28.6 Å². The molecule has 1 N–H and O–H groups in total. The second-order valence-electron chi connectivity index (χ2n) is 4.45. The van der Waals surface area contributed by atoms with Gasteiger partial charge in [0.2, 0.25) is 0 Å². The Morgan fingerprint density at radius 1 is 1.19 bits per heavy atom. The van der Waals surface area contributed by atoms with Crippen LogP contribution in [0.4, 0.5) is 0 Å². The Labute approximate surface area is 108 Å². The molecule has 1 rings (SSSR count). The molecule has 0 saturated carbocycles. The predicted octanol–water partition coefficient (Wildman–Crippen LogP) is 4.03. The molecule has 1 nitrogen and oxygen atoms in total. The largest absolute Gasteiger partial charge is 0.319 e. The smallest absolute Gasteiger partial charge is 0.0439 e. The first kappa shape index (κ1) is 13.8. The summed E-state index contributed by atoms with van der Waals surface area (Å²) >= 11 is 12.1. The molecule has 0 aliphatic heterocycles. The minimum Gasteiger partial charge on any atom is -0.319 e. The van der Waals surface area contributed by atoms with E-state index >= 15 is 0 Å². The molecule has 0 heterocycles. The summed E-state index contributed by atoms with van der Waals surface area (Å²) in [5, 5.41) is 4.77. The first-order chi connectivity index (χ1) is 7.54. The van der Waals surface area contributed by atoms with E-state index in [1.165, 1.54) is 0 Å². The molecule has 0 aromatic heterocycles. The number of nitrogens with one attached hydrogen (secondary N) is 1. The van der Waals surface area contributed by atoms with Crippen LogP contribution in [-0.4, -0.2) is 13.6 Å². The van der Waals surface area contributed by atoms with Gasteiger partial charge in [-0.1, -0.05) is 37.0 Å². The summed E-state index contributed by atoms with van der Waals surface area (Å²) in [6, 6.07) is 5.66. The lowest BCUT2D eigenvalue weighted by Crippen LogP contribution is -2.23. The van der Waals surface area contributed by atoms with Crippen molar-refractivity contribution in [1.82, 2.24) is 5.32 Å². The molecule has 0 saturated heterocycles. The molecule has 0 spiro atoms. The van der Waals surface area contributed by atoms with Crippen LogP contribution in [0.2, 0.25) is 10.0 Å². The summed E-state index contributed by atoms with van der Waals surface area (Å²) in [6.45, 7) is 5.53. The lowest BCUT2D eigenvalue weighted by atomic mass is 9.89. The minimum atomic E-state index is 0.586. The quantitative estimate of drug-likeness (QED) is 0.842. The molecule has 1 aromatic carbocycles. The Morgan fingerprint density at radius 3 is 2.50 bits per heavy atom. The third-order valence-electron chi connectivity index (χ3n) is 3.05. The molecule has 16 heavy (non-hydrogen) atoms. The fourth-order valence-corrected chi connectivity index (χ4v) is 2.16. The van der Waals surface area contributed by atoms with Crippen molar-refractivity contribution in [3.05, 3.63) is 33.8 Å². The Balaban J connectivity index is 2.68. The van der Waals surface area contributed by atoms with E-state index in [2.05, 4.69) is 19.2 Å². The zero-order valence-corrected chi connectivity index (χ0v) is 11.6. The van der Waals surface area contributed by atoms with Crippen molar-refractivity contribution in [2.45, 2.75) is 20.3 Å². The van der Waals surface area contributed by atoms with Crippen LogP contribution in [0.15, 0.2) is 18.2 Å². The van der Waals surface area contributed by atoms with Crippen LogP contribution in [0.5, 0.6) is 0 Å². The Bertz CT molecular complexity index is 339. The van der Waals surface area contributed by atoms with Gasteiger partial charge >= 0.3 is 0 Å². The highest BCUT2D eigenvalue weighted by Crippen LogP contribution is 2.25. The van der Waals surface area contributed by atoms with Crippen molar-refractivity contribution >= 4 is 23.2 Å². The monoisotopic (exact) mass is 259 g/mol. The molecule has 0 bridgehead atoms. The molecule has 0 amide bonds. The summed E-state index contributed by atoms with van der Waals surface area (Å²) < 4.78 is 0. The summed E-state index contributed by atoms with van der Waals surface area (Å²) in [4.78, 5) is 0. The molecule has 0 aliphatic carbocycles. The van der Waals surface area contributed by atoms with Gasteiger partial charge in [-0.25, -0.2) is 0 Å². The van der Waals surface area contributed by atoms with E-state index < -0.39 is 0 Å². The highest BCUT2D eigenvalue weighted by atomic mass is 35.5. The fraction of sp³-hybridized carbons (Fsp3) is 0.538. The number of hydrogen-bond acceptors (Lipinski definition) is 1. The lowest BCUT2D eigenvalue weighted by Gasteiger charge is -2.20. The van der Waals surface area contributed by atoms with Crippen molar-refractivity contribution in [2.75, 3.05) is 13.6 Å². The molecule has 0 radical (unpaired) electrons. The van der Waals surface area contributed by atoms with E-state index in [4.69, 9.17) is 23.2 Å². The van der Waals surface area contributed by atoms with Crippen molar-refractivity contribution in [2.24, 2.45) is 11.8 Å². The minimum absolute atomic E-state index is 0.586. The molecular weight excluding hydrogens is 241 g/mol. The number of benzene rings is 1. The van der Waals surface area contributed by atoms with Gasteiger partial charge in [-0.05, 0) is 55.6 Å². The van der Waals surface area contributed by atoms with Gasteiger partial charge in [-0.3, -0.25) is 0 Å². The highest BCUT2D eigenvalue weighted by Gasteiger charge is 2.13. The first-order valence-corrected chi connectivity index (χ1v) is 6.38. The van der Waals surface area contributed by atoms with Gasteiger partial charge in [0.15, 0.2) is 0 Å². The Hall–Kier alpha value is -0.240. The maximum absolute atomic E-state index is 6.15. The maximum Gasteiger partial charge on any atom is 0.0439 e. The van der Waals surface area contributed by atoms with Crippen molar-refractivity contribution in [3.8, 4) is 0 Å². The first-order valence-electron chi connectivity index (χ1n) is 5.63. The molecular formula is C13H19Cl2N. The second-order valence-corrected chi connectivity index (χ2v) is 5.30. The third-order valence-corrected chi connectivity index (χ3v) is 3.65. The summed E-state index contributed by atoms with van der Waals surface area (Å²) in [5.74, 6) is 1.21. The zero-order valence-electron chi connectivity index (χ0n) is 10.1. The van der Waals surface area contributed by atoms with Crippen LogP contribution in [-0.2, 0) is 6.42 Å². The lowest BCUT2D eigenvalue weighted by molar-refractivity contribution is 0.374. The van der Waals surface area contributed by atoms with E-state index in [-0.39, 0.29) is 0 Å². The van der Waals surface area contributed by atoms with Crippen LogP contribution >= 0.6 is 23.2 Å². The normalized spacial score (nSPS) is 14.8. The molecule has 2 unspecified atom stereocenters. The Morgan fingerprint density at radius 2 is 1.88 bits per heavy atom. The summed E-state index contributed by atoms with van der Waals surface area (Å²) in [7, 11) is 1.98. The highest BCUT2D eigenvalue weighted by molar-refractivity contribution is 6.33. The van der Waals surface area contributed by atoms with Gasteiger partial charge < -0.3 is 5.32 Å². The van der Waals surface area contributed by atoms with Crippen molar-refractivity contribution in [1.29, 1.82) is 0 Å². The SMILES string of the molecule is CNCC(C)C(C)Cc1cc(Cl)ccc1Cl. The number of hydrogen-bond donors (Lipinski definition) is 1. The van der Waals surface area contributed by atoms with E-state index in [1.54, 1.807) is 0 Å². The van der Waals surface area contributed by atoms with Gasteiger partial charge in [-0.15, -0.1) is 0 Å². The molecule has 1 aromatic rings. The fourth-order valence-electron chi connectivity index (χ4n) is 1.77. The molecule has 0 fully saturated rings. The average molecular weight is 260 g/mol. The summed E-state index contributed by atoms with van der Waals surface area (Å²) in [5.41, 5.74) is 1.14. The van der Waals surface area contributed by atoms with Crippen LogP contribution < -0.4 is 5.32 Å². The van der Waals surface area contributed by atoms with Crippen molar-refractivity contribution < 1.29 is 0 Å². The molecule has 90 valence electrons. The number of rotatable bonds is 5. The van der Waals surface area contributed by atoms with E-state index in [0.29, 0.717) is 11.8 Å². The number of halogens is 2. The topological polar surface area (TPSA) is 12.0 Å².